The van der Waals surface area contributed by atoms with E-state index >= 15 is 8.78 Å². The van der Waals surface area contributed by atoms with Gasteiger partial charge < -0.3 is 24.4 Å². The number of ether oxygens (including phenoxy) is 1. The highest BCUT2D eigenvalue weighted by Gasteiger charge is 2.46. The smallest absolute Gasteiger partial charge is 0.284 e. The zero-order valence-electron chi connectivity index (χ0n) is 27.7. The van der Waals surface area contributed by atoms with E-state index in [-0.39, 0.29) is 54.6 Å². The minimum atomic E-state index is -3.31. The lowest BCUT2D eigenvalue weighted by atomic mass is 9.99. The molecule has 260 valence electrons. The Kier molecular flexibility index (Phi) is 8.45. The molecule has 0 spiro atoms. The van der Waals surface area contributed by atoms with Crippen LogP contribution in [0.3, 0.4) is 0 Å². The molecule has 14 heteroatoms. The number of amides is 4. The SMILES string of the molecule is CCc1cc(OC)cc(-c2cn(C)c(=O)c3cc(C(=O)NC4CCN(c5ccc6c(c5)C(=O)N(C5CCC(=O)NC5=O)C6)CC4(F)F)sc23)c1. The molecule has 4 aromatic rings. The molecule has 2 aromatic carbocycles. The van der Waals surface area contributed by atoms with Crippen LogP contribution in [0.5, 0.6) is 5.75 Å². The number of hydrogen-bond acceptors (Lipinski definition) is 8. The lowest BCUT2D eigenvalue weighted by Gasteiger charge is -2.39. The van der Waals surface area contributed by atoms with Crippen molar-refractivity contribution in [2.75, 3.05) is 25.1 Å². The number of nitrogens with zero attached hydrogens (tertiary/aromatic N) is 3. The van der Waals surface area contributed by atoms with Crippen LogP contribution in [0.1, 0.15) is 57.3 Å². The van der Waals surface area contributed by atoms with Crippen molar-refractivity contribution in [1.82, 2.24) is 20.1 Å². The molecule has 0 radical (unpaired) electrons. The number of alkyl halides is 2. The number of carbonyl (C=O) groups excluding carboxylic acids is 4. The Hall–Kier alpha value is -5.11. The van der Waals surface area contributed by atoms with Gasteiger partial charge in [-0.15, -0.1) is 11.3 Å². The first kappa shape index (κ1) is 33.4. The topological polar surface area (TPSA) is 130 Å². The Balaban J connectivity index is 1.08. The molecule has 2 atom stereocenters. The number of methoxy groups -OCH3 is 1. The maximum absolute atomic E-state index is 15.7. The van der Waals surface area contributed by atoms with E-state index in [1.165, 1.54) is 20.4 Å². The zero-order valence-corrected chi connectivity index (χ0v) is 28.5. The zero-order chi connectivity index (χ0) is 35.5. The van der Waals surface area contributed by atoms with Gasteiger partial charge in [-0.3, -0.25) is 29.3 Å². The van der Waals surface area contributed by atoms with Gasteiger partial charge in [0.25, 0.3) is 23.3 Å². The summed E-state index contributed by atoms with van der Waals surface area (Å²) in [5.41, 5.74) is 3.72. The normalized spacial score (nSPS) is 20.2. The number of hydrogen-bond donors (Lipinski definition) is 2. The van der Waals surface area contributed by atoms with Gasteiger partial charge in [0.2, 0.25) is 11.8 Å². The standard InChI is InChI=1S/C36H35F2N5O6S/c1-4-19-11-21(13-23(12-19)49-3)26-17-41(2)34(47)25-15-28(50-31(25)26)33(46)39-29-9-10-42(18-36(29,37)38)22-6-5-20-16-43(35(48)24(20)14-22)27-7-8-30(44)40-32(27)45/h5-6,11-15,17,27,29H,4,7-10,16,18H2,1-3H3,(H,39,46)(H,40,44,45). The number of carbonyl (C=O) groups is 4. The summed E-state index contributed by atoms with van der Waals surface area (Å²) < 4.78 is 38.9. The number of aromatic nitrogens is 1. The second kappa shape index (κ2) is 12.7. The molecular weight excluding hydrogens is 668 g/mol. The fraction of sp³-hybridized carbons (Fsp3) is 0.361. The number of rotatable bonds is 7. The van der Waals surface area contributed by atoms with Crippen LogP contribution in [0.25, 0.3) is 21.2 Å². The molecule has 3 aliphatic heterocycles. The quantitative estimate of drug-likeness (QED) is 0.276. The maximum atomic E-state index is 15.7. The van der Waals surface area contributed by atoms with Gasteiger partial charge in [-0.1, -0.05) is 19.1 Å². The Bertz CT molecular complexity index is 2120. The van der Waals surface area contributed by atoms with Crippen molar-refractivity contribution in [3.05, 3.63) is 80.6 Å². The van der Waals surface area contributed by atoms with E-state index in [4.69, 9.17) is 4.74 Å². The van der Waals surface area contributed by atoms with Crippen molar-refractivity contribution in [2.45, 2.75) is 57.2 Å². The van der Waals surface area contributed by atoms with Crippen molar-refractivity contribution in [2.24, 2.45) is 7.05 Å². The summed E-state index contributed by atoms with van der Waals surface area (Å²) in [5.74, 6) is -4.63. The van der Waals surface area contributed by atoms with Crippen LogP contribution in [-0.4, -0.2) is 71.3 Å². The average Bonchev–Trinajstić information content (AvgIpc) is 3.68. The lowest BCUT2D eigenvalue weighted by Crippen LogP contribution is -2.58. The number of imide groups is 1. The van der Waals surface area contributed by atoms with Gasteiger partial charge in [0.1, 0.15) is 11.8 Å². The van der Waals surface area contributed by atoms with Gasteiger partial charge in [-0.25, -0.2) is 8.78 Å². The van der Waals surface area contributed by atoms with E-state index in [1.54, 1.807) is 38.6 Å². The Labute approximate surface area is 289 Å². The Morgan fingerprint density at radius 1 is 1.08 bits per heavy atom. The summed E-state index contributed by atoms with van der Waals surface area (Å²) in [4.78, 5) is 66.9. The molecule has 11 nitrogen and oxygen atoms in total. The van der Waals surface area contributed by atoms with Crippen LogP contribution < -0.4 is 25.8 Å². The van der Waals surface area contributed by atoms with Crippen molar-refractivity contribution in [1.29, 1.82) is 0 Å². The summed E-state index contributed by atoms with van der Waals surface area (Å²) in [7, 11) is 3.21. The second-order valence-corrected chi connectivity index (χ2v) is 14.0. The van der Waals surface area contributed by atoms with E-state index in [1.807, 2.05) is 25.1 Å². The van der Waals surface area contributed by atoms with Crippen LogP contribution in [0.4, 0.5) is 14.5 Å². The third kappa shape index (κ3) is 5.91. The average molecular weight is 704 g/mol. The number of piperidine rings is 2. The number of pyridine rings is 1. The lowest BCUT2D eigenvalue weighted by molar-refractivity contribution is -0.136. The first-order valence-corrected chi connectivity index (χ1v) is 17.2. The first-order valence-electron chi connectivity index (χ1n) is 16.4. The van der Waals surface area contributed by atoms with Crippen LogP contribution in [0.2, 0.25) is 0 Å². The number of halogens is 2. The largest absolute Gasteiger partial charge is 0.497 e. The molecule has 0 bridgehead atoms. The van der Waals surface area contributed by atoms with E-state index in [9.17, 15) is 24.0 Å². The van der Waals surface area contributed by atoms with E-state index in [0.29, 0.717) is 32.6 Å². The van der Waals surface area contributed by atoms with Gasteiger partial charge in [-0.05, 0) is 66.3 Å². The summed E-state index contributed by atoms with van der Waals surface area (Å²) in [6, 6.07) is 9.98. The van der Waals surface area contributed by atoms with E-state index in [2.05, 4.69) is 10.6 Å². The number of aryl methyl sites for hydroxylation is 2. The van der Waals surface area contributed by atoms with Gasteiger partial charge in [0, 0.05) is 54.3 Å². The Morgan fingerprint density at radius 3 is 2.60 bits per heavy atom. The highest BCUT2D eigenvalue weighted by atomic mass is 32.1. The molecular formula is C36H35F2N5O6S. The highest BCUT2D eigenvalue weighted by molar-refractivity contribution is 7.21. The molecule has 2 saturated heterocycles. The fourth-order valence-corrected chi connectivity index (χ4v) is 8.10. The van der Waals surface area contributed by atoms with Crippen molar-refractivity contribution in [3.8, 4) is 16.9 Å². The first-order chi connectivity index (χ1) is 23.9. The molecule has 0 saturated carbocycles. The highest BCUT2D eigenvalue weighted by Crippen LogP contribution is 2.37. The minimum absolute atomic E-state index is 0.0618. The number of benzene rings is 2. The van der Waals surface area contributed by atoms with Crippen LogP contribution >= 0.6 is 11.3 Å². The number of thiophene rings is 1. The number of nitrogens with one attached hydrogen (secondary N) is 2. The molecule has 7 rings (SSSR count). The molecule has 2 N–H and O–H groups in total. The molecule has 2 unspecified atom stereocenters. The van der Waals surface area contributed by atoms with Crippen molar-refractivity contribution >= 4 is 50.7 Å². The molecule has 4 amide bonds. The second-order valence-electron chi connectivity index (χ2n) is 13.0. The van der Waals surface area contributed by atoms with Gasteiger partial charge in [-0.2, -0.15) is 0 Å². The van der Waals surface area contributed by atoms with Crippen LogP contribution in [0.15, 0.2) is 53.5 Å². The van der Waals surface area contributed by atoms with Crippen molar-refractivity contribution < 1.29 is 32.7 Å². The minimum Gasteiger partial charge on any atom is -0.497 e. The fourth-order valence-electron chi connectivity index (χ4n) is 7.01. The van der Waals surface area contributed by atoms with Gasteiger partial charge in [0.05, 0.1) is 30.0 Å². The predicted molar refractivity (Wildman–Crippen MR) is 184 cm³/mol. The predicted octanol–water partition coefficient (Wildman–Crippen LogP) is 4.24. The molecule has 3 aliphatic rings. The molecule has 5 heterocycles. The number of fused-ring (bicyclic) bond motifs is 2. The molecule has 50 heavy (non-hydrogen) atoms. The van der Waals surface area contributed by atoms with Gasteiger partial charge in [0.15, 0.2) is 0 Å². The number of anilines is 1. The summed E-state index contributed by atoms with van der Waals surface area (Å²) in [6.07, 6.45) is 2.77. The molecule has 2 aromatic heterocycles. The van der Waals surface area contributed by atoms with Crippen LogP contribution in [0, 0.1) is 0 Å². The third-order valence-corrected chi connectivity index (χ3v) is 10.9. The monoisotopic (exact) mass is 703 g/mol. The molecule has 2 fully saturated rings. The van der Waals surface area contributed by atoms with E-state index in [0.717, 1.165) is 34.4 Å². The summed E-state index contributed by atoms with van der Waals surface area (Å²) >= 11 is 1.09. The maximum Gasteiger partial charge on any atom is 0.284 e. The van der Waals surface area contributed by atoms with E-state index < -0.39 is 36.4 Å². The summed E-state index contributed by atoms with van der Waals surface area (Å²) in [5, 5.41) is 5.12. The van der Waals surface area contributed by atoms with Crippen molar-refractivity contribution in [3.63, 3.8) is 0 Å². The van der Waals surface area contributed by atoms with Crippen LogP contribution in [-0.2, 0) is 29.6 Å². The third-order valence-electron chi connectivity index (χ3n) is 9.78. The van der Waals surface area contributed by atoms with Gasteiger partial charge >= 0.3 is 0 Å². The summed E-state index contributed by atoms with van der Waals surface area (Å²) in [6.45, 7) is 1.72. The Morgan fingerprint density at radius 2 is 1.88 bits per heavy atom. The molecule has 0 aliphatic carbocycles.